The number of rotatable bonds is 4. The second-order valence-electron chi connectivity index (χ2n) is 9.39. The van der Waals surface area contributed by atoms with E-state index in [1.165, 1.54) is 24.5 Å². The van der Waals surface area contributed by atoms with Gasteiger partial charge in [0, 0.05) is 44.8 Å². The van der Waals surface area contributed by atoms with E-state index in [0.29, 0.717) is 29.8 Å². The van der Waals surface area contributed by atoms with Gasteiger partial charge in [-0.05, 0) is 33.3 Å². The van der Waals surface area contributed by atoms with Crippen LogP contribution in [-0.4, -0.2) is 68.4 Å². The smallest absolute Gasteiger partial charge is 0.410 e. The number of likely N-dealkylation sites (N-methyl/N-ethyl adjacent to an activating group) is 1. The van der Waals surface area contributed by atoms with E-state index in [2.05, 4.69) is 20.4 Å². The summed E-state index contributed by atoms with van der Waals surface area (Å²) in [6, 6.07) is 2.78. The average molecular weight is 470 g/mol. The van der Waals surface area contributed by atoms with E-state index in [0.717, 1.165) is 6.42 Å². The lowest BCUT2D eigenvalue weighted by atomic mass is 10.2. The van der Waals surface area contributed by atoms with Crippen LogP contribution in [0.25, 0.3) is 10.9 Å². The summed E-state index contributed by atoms with van der Waals surface area (Å²) < 4.78 is 21.4. The number of nitrogens with zero attached hydrogens (tertiary/aromatic N) is 6. The van der Waals surface area contributed by atoms with Gasteiger partial charge < -0.3 is 19.9 Å². The van der Waals surface area contributed by atoms with Crippen molar-refractivity contribution < 1.29 is 18.7 Å². The van der Waals surface area contributed by atoms with Crippen molar-refractivity contribution in [1.82, 2.24) is 24.6 Å². The Morgan fingerprint density at radius 2 is 2.00 bits per heavy atom. The maximum Gasteiger partial charge on any atom is 0.410 e. The summed E-state index contributed by atoms with van der Waals surface area (Å²) >= 11 is 0. The van der Waals surface area contributed by atoms with E-state index < -0.39 is 17.3 Å². The molecule has 0 unspecified atom stereocenters. The Kier molecular flexibility index (Phi) is 6.11. The van der Waals surface area contributed by atoms with Crippen molar-refractivity contribution in [2.45, 2.75) is 38.8 Å². The van der Waals surface area contributed by atoms with Gasteiger partial charge in [-0.15, -0.1) is 0 Å². The molecule has 0 spiro atoms. The van der Waals surface area contributed by atoms with Gasteiger partial charge in [-0.1, -0.05) is 0 Å². The third kappa shape index (κ3) is 5.08. The van der Waals surface area contributed by atoms with Gasteiger partial charge in [0.25, 0.3) is 5.91 Å². The van der Waals surface area contributed by atoms with Crippen LogP contribution >= 0.6 is 0 Å². The first-order valence-electron chi connectivity index (χ1n) is 11.0. The summed E-state index contributed by atoms with van der Waals surface area (Å²) in [4.78, 5) is 37.1. The number of halogens is 1. The molecule has 11 heteroatoms. The molecule has 2 amide bonds. The summed E-state index contributed by atoms with van der Waals surface area (Å²) in [5.74, 6) is -0.550. The zero-order chi connectivity index (χ0) is 24.6. The Hall–Kier alpha value is -3.76. The molecule has 4 rings (SSSR count). The second kappa shape index (κ2) is 8.88. The van der Waals surface area contributed by atoms with E-state index in [9.17, 15) is 14.0 Å². The van der Waals surface area contributed by atoms with Gasteiger partial charge >= 0.3 is 6.09 Å². The third-order valence-electron chi connectivity index (χ3n) is 5.54. The molecule has 1 saturated heterocycles. The van der Waals surface area contributed by atoms with E-state index in [1.54, 1.807) is 29.9 Å². The largest absolute Gasteiger partial charge is 0.444 e. The number of anilines is 2. The fourth-order valence-electron chi connectivity index (χ4n) is 3.80. The molecule has 180 valence electrons. The predicted molar refractivity (Wildman–Crippen MR) is 125 cm³/mol. The SMILES string of the molecule is CN(C(=O)OC(C)(C)C)[C@@H]1CCN(c2cnc(C(=O)Nc3cc4cn(C)nc4cc3F)cn2)C1. The molecule has 1 aliphatic heterocycles. The zero-order valence-corrected chi connectivity index (χ0v) is 19.9. The highest BCUT2D eigenvalue weighted by Gasteiger charge is 2.31. The summed E-state index contributed by atoms with van der Waals surface area (Å²) in [5.41, 5.74) is 0.0569. The van der Waals surface area contributed by atoms with Crippen molar-refractivity contribution in [3.05, 3.63) is 42.2 Å². The minimum absolute atomic E-state index is 0.0232. The Labute approximate surface area is 196 Å². The molecule has 0 radical (unpaired) electrons. The Bertz CT molecular complexity index is 1220. The Balaban J connectivity index is 1.39. The number of fused-ring (bicyclic) bond motifs is 1. The number of carbonyl (C=O) groups excluding carboxylic acids is 2. The van der Waals surface area contributed by atoms with Crippen molar-refractivity contribution >= 4 is 34.4 Å². The highest BCUT2D eigenvalue weighted by molar-refractivity contribution is 6.03. The van der Waals surface area contributed by atoms with Gasteiger partial charge in [-0.3, -0.25) is 9.48 Å². The number of amides is 2. The minimum Gasteiger partial charge on any atom is -0.444 e. The average Bonchev–Trinajstić information content (AvgIpc) is 3.38. The molecule has 2 aromatic heterocycles. The standard InChI is InChI=1S/C23H28FN7O3/c1-23(2,3)34-22(33)30(5)15-6-7-31(13-15)20-11-25-19(10-26-20)21(32)27-18-8-14-12-29(4)28-17(14)9-16(18)24/h8-12,15H,6-7,13H2,1-5H3,(H,27,32)/t15-/m1/s1. The highest BCUT2D eigenvalue weighted by Crippen LogP contribution is 2.24. The first kappa shape index (κ1) is 23.4. The molecule has 0 aliphatic carbocycles. The number of benzene rings is 1. The lowest BCUT2D eigenvalue weighted by Crippen LogP contribution is -2.42. The molecule has 0 bridgehead atoms. The first-order chi connectivity index (χ1) is 16.0. The number of hydrogen-bond donors (Lipinski definition) is 1. The molecule has 3 heterocycles. The molecular weight excluding hydrogens is 441 g/mol. The molecule has 1 atom stereocenters. The quantitative estimate of drug-likeness (QED) is 0.626. The topological polar surface area (TPSA) is 105 Å². The molecule has 34 heavy (non-hydrogen) atoms. The third-order valence-corrected chi connectivity index (χ3v) is 5.54. The number of hydrogen-bond acceptors (Lipinski definition) is 7. The lowest BCUT2D eigenvalue weighted by molar-refractivity contribution is 0.0237. The van der Waals surface area contributed by atoms with Crippen LogP contribution in [0.5, 0.6) is 0 Å². The number of carbonyl (C=O) groups is 2. The second-order valence-corrected chi connectivity index (χ2v) is 9.39. The maximum atomic E-state index is 14.4. The number of aromatic nitrogens is 4. The fraction of sp³-hybridized carbons (Fsp3) is 0.435. The van der Waals surface area contributed by atoms with Crippen molar-refractivity contribution in [1.29, 1.82) is 0 Å². The molecule has 1 aliphatic rings. The van der Waals surface area contributed by atoms with Crippen LogP contribution in [0, 0.1) is 5.82 Å². The van der Waals surface area contributed by atoms with Crippen molar-refractivity contribution in [2.24, 2.45) is 7.05 Å². The summed E-state index contributed by atoms with van der Waals surface area (Å²) in [6.45, 7) is 6.76. The van der Waals surface area contributed by atoms with Crippen LogP contribution in [0.3, 0.4) is 0 Å². The molecule has 3 aromatic rings. The van der Waals surface area contributed by atoms with Crippen LogP contribution in [-0.2, 0) is 11.8 Å². The van der Waals surface area contributed by atoms with Crippen LogP contribution in [0.4, 0.5) is 20.7 Å². The van der Waals surface area contributed by atoms with Gasteiger partial charge in [0.2, 0.25) is 0 Å². The van der Waals surface area contributed by atoms with Crippen LogP contribution in [0.1, 0.15) is 37.7 Å². The van der Waals surface area contributed by atoms with Gasteiger partial charge in [-0.2, -0.15) is 5.10 Å². The van der Waals surface area contributed by atoms with Crippen LogP contribution < -0.4 is 10.2 Å². The summed E-state index contributed by atoms with van der Waals surface area (Å²) in [6.07, 6.45) is 4.99. The molecule has 10 nitrogen and oxygen atoms in total. The van der Waals surface area contributed by atoms with E-state index in [4.69, 9.17) is 4.74 Å². The molecule has 1 fully saturated rings. The lowest BCUT2D eigenvalue weighted by Gasteiger charge is -2.28. The van der Waals surface area contributed by atoms with E-state index in [1.807, 2.05) is 25.7 Å². The summed E-state index contributed by atoms with van der Waals surface area (Å²) in [7, 11) is 3.47. The molecule has 0 saturated carbocycles. The maximum absolute atomic E-state index is 14.4. The molecule has 1 N–H and O–H groups in total. The van der Waals surface area contributed by atoms with Gasteiger partial charge in [0.1, 0.15) is 22.9 Å². The number of aryl methyl sites for hydroxylation is 1. The first-order valence-corrected chi connectivity index (χ1v) is 11.0. The van der Waals surface area contributed by atoms with Gasteiger partial charge in [0.15, 0.2) is 0 Å². The van der Waals surface area contributed by atoms with Crippen molar-refractivity contribution in [3.63, 3.8) is 0 Å². The van der Waals surface area contributed by atoms with E-state index in [-0.39, 0.29) is 23.5 Å². The highest BCUT2D eigenvalue weighted by atomic mass is 19.1. The Morgan fingerprint density at radius 1 is 1.24 bits per heavy atom. The zero-order valence-electron chi connectivity index (χ0n) is 19.9. The predicted octanol–water partition coefficient (Wildman–Crippen LogP) is 3.20. The molecular formula is C23H28FN7O3. The van der Waals surface area contributed by atoms with Crippen molar-refractivity contribution in [3.8, 4) is 0 Å². The van der Waals surface area contributed by atoms with Crippen LogP contribution in [0.15, 0.2) is 30.7 Å². The number of nitrogens with one attached hydrogen (secondary N) is 1. The van der Waals surface area contributed by atoms with Gasteiger partial charge in [0.05, 0.1) is 29.6 Å². The summed E-state index contributed by atoms with van der Waals surface area (Å²) in [5, 5.41) is 7.40. The monoisotopic (exact) mass is 469 g/mol. The number of ether oxygens (including phenoxy) is 1. The Morgan fingerprint density at radius 3 is 2.68 bits per heavy atom. The minimum atomic E-state index is -0.582. The van der Waals surface area contributed by atoms with Crippen molar-refractivity contribution in [2.75, 3.05) is 30.4 Å². The van der Waals surface area contributed by atoms with Gasteiger partial charge in [-0.25, -0.2) is 19.2 Å². The normalized spacial score (nSPS) is 16.1. The molecule has 1 aromatic carbocycles. The van der Waals surface area contributed by atoms with Crippen LogP contribution in [0.2, 0.25) is 0 Å². The van der Waals surface area contributed by atoms with E-state index >= 15 is 0 Å². The fourth-order valence-corrected chi connectivity index (χ4v) is 3.80.